The third kappa shape index (κ3) is 4.17. The molecule has 4 heteroatoms. The Kier molecular flexibility index (Phi) is 5.62. The monoisotopic (exact) mass is 211 g/mol. The Hall–Kier alpha value is -0.630. The highest BCUT2D eigenvalue weighted by Crippen LogP contribution is 2.10. The molecule has 0 saturated carbocycles. The minimum atomic E-state index is 0.343. The Balaban J connectivity index is 2.51. The van der Waals surface area contributed by atoms with Crippen molar-refractivity contribution >= 4 is 0 Å². The predicted octanol–water partition coefficient (Wildman–Crippen LogP) is 0.456. The normalized spacial score (nSPS) is 28.3. The van der Waals surface area contributed by atoms with Crippen LogP contribution in [0, 0.1) is 17.2 Å². The fraction of sp³-hybridized carbons (Fsp3) is 0.909. The molecule has 0 radical (unpaired) electrons. The van der Waals surface area contributed by atoms with Gasteiger partial charge in [-0.25, -0.2) is 0 Å². The zero-order valence-electron chi connectivity index (χ0n) is 9.70. The van der Waals surface area contributed by atoms with E-state index >= 15 is 0 Å². The molecule has 1 N–H and O–H groups in total. The quantitative estimate of drug-likeness (QED) is 0.734. The van der Waals surface area contributed by atoms with Crippen molar-refractivity contribution in [3.05, 3.63) is 0 Å². The first-order valence-electron chi connectivity index (χ1n) is 5.58. The van der Waals surface area contributed by atoms with Crippen LogP contribution in [0.5, 0.6) is 0 Å². The van der Waals surface area contributed by atoms with Gasteiger partial charge in [-0.1, -0.05) is 6.92 Å². The van der Waals surface area contributed by atoms with Crippen molar-refractivity contribution in [2.75, 3.05) is 39.9 Å². The lowest BCUT2D eigenvalue weighted by molar-refractivity contribution is 0.119. The minimum absolute atomic E-state index is 0.343. The van der Waals surface area contributed by atoms with Crippen molar-refractivity contribution in [2.45, 2.75) is 19.4 Å². The van der Waals surface area contributed by atoms with Crippen molar-refractivity contribution in [1.82, 2.24) is 10.2 Å². The number of rotatable bonds is 4. The van der Waals surface area contributed by atoms with Gasteiger partial charge >= 0.3 is 0 Å². The van der Waals surface area contributed by atoms with Crippen LogP contribution in [-0.2, 0) is 4.74 Å². The largest absolute Gasteiger partial charge is 0.383 e. The molecule has 1 aliphatic heterocycles. The molecule has 4 nitrogen and oxygen atoms in total. The molecule has 1 rings (SSSR count). The van der Waals surface area contributed by atoms with E-state index in [-0.39, 0.29) is 0 Å². The van der Waals surface area contributed by atoms with Gasteiger partial charge in [0.2, 0.25) is 0 Å². The van der Waals surface area contributed by atoms with Crippen molar-refractivity contribution < 1.29 is 4.74 Å². The summed E-state index contributed by atoms with van der Waals surface area (Å²) in [6.07, 6.45) is 0.601. The van der Waals surface area contributed by atoms with Gasteiger partial charge in [0, 0.05) is 32.8 Å². The minimum Gasteiger partial charge on any atom is -0.383 e. The lowest BCUT2D eigenvalue weighted by Crippen LogP contribution is -2.41. The first kappa shape index (κ1) is 12.4. The van der Waals surface area contributed by atoms with Gasteiger partial charge in [-0.2, -0.15) is 5.26 Å². The van der Waals surface area contributed by atoms with E-state index in [4.69, 9.17) is 10.00 Å². The van der Waals surface area contributed by atoms with Gasteiger partial charge in [-0.3, -0.25) is 4.90 Å². The number of hydrogen-bond acceptors (Lipinski definition) is 4. The Morgan fingerprint density at radius 1 is 1.53 bits per heavy atom. The molecule has 86 valence electrons. The van der Waals surface area contributed by atoms with Crippen molar-refractivity contribution in [3.8, 4) is 6.07 Å². The number of ether oxygens (including phenoxy) is 1. The zero-order chi connectivity index (χ0) is 11.1. The Bertz CT molecular complexity index is 214. The van der Waals surface area contributed by atoms with E-state index in [9.17, 15) is 0 Å². The highest BCUT2D eigenvalue weighted by molar-refractivity contribution is 4.87. The average molecular weight is 211 g/mol. The molecule has 15 heavy (non-hydrogen) atoms. The summed E-state index contributed by atoms with van der Waals surface area (Å²) in [6, 6.07) is 2.61. The molecule has 1 fully saturated rings. The van der Waals surface area contributed by atoms with Gasteiger partial charge in [0.25, 0.3) is 0 Å². The molecule has 0 aromatic rings. The van der Waals surface area contributed by atoms with E-state index in [2.05, 4.69) is 23.2 Å². The standard InChI is InChI=1S/C11H21N3O/c1-10-7-13-8-11(3-4-12)14(9-10)5-6-15-2/h10-11,13H,3,5-9H2,1-2H3. The highest BCUT2D eigenvalue weighted by atomic mass is 16.5. The van der Waals surface area contributed by atoms with Gasteiger partial charge in [0.1, 0.15) is 0 Å². The van der Waals surface area contributed by atoms with E-state index in [0.29, 0.717) is 18.4 Å². The molecule has 0 aromatic carbocycles. The molecule has 0 aromatic heterocycles. The highest BCUT2D eigenvalue weighted by Gasteiger charge is 2.23. The van der Waals surface area contributed by atoms with Gasteiger partial charge in [-0.15, -0.1) is 0 Å². The van der Waals surface area contributed by atoms with Crippen molar-refractivity contribution in [1.29, 1.82) is 5.26 Å². The molecule has 0 amide bonds. The molecule has 2 atom stereocenters. The number of nitriles is 1. The van der Waals surface area contributed by atoms with E-state index in [1.165, 1.54) is 0 Å². The lowest BCUT2D eigenvalue weighted by atomic mass is 10.1. The second-order valence-corrected chi connectivity index (χ2v) is 4.27. The predicted molar refractivity (Wildman–Crippen MR) is 59.5 cm³/mol. The van der Waals surface area contributed by atoms with Crippen LogP contribution in [0.4, 0.5) is 0 Å². The molecule has 0 aliphatic carbocycles. The van der Waals surface area contributed by atoms with E-state index in [0.717, 1.165) is 32.8 Å². The smallest absolute Gasteiger partial charge is 0.0638 e. The maximum absolute atomic E-state index is 8.78. The number of nitrogens with zero attached hydrogens (tertiary/aromatic N) is 2. The molecular weight excluding hydrogens is 190 g/mol. The molecule has 1 aliphatic rings. The SMILES string of the molecule is COCCN1CC(C)CNCC1CC#N. The van der Waals surface area contributed by atoms with Crippen LogP contribution in [0.25, 0.3) is 0 Å². The van der Waals surface area contributed by atoms with Crippen LogP contribution in [0.3, 0.4) is 0 Å². The number of methoxy groups -OCH3 is 1. The van der Waals surface area contributed by atoms with Crippen LogP contribution in [0.15, 0.2) is 0 Å². The second-order valence-electron chi connectivity index (χ2n) is 4.27. The van der Waals surface area contributed by atoms with Crippen molar-refractivity contribution in [2.24, 2.45) is 5.92 Å². The first-order chi connectivity index (χ1) is 7.27. The van der Waals surface area contributed by atoms with Gasteiger partial charge in [0.05, 0.1) is 19.1 Å². The molecular formula is C11H21N3O. The van der Waals surface area contributed by atoms with Crippen LogP contribution >= 0.6 is 0 Å². The fourth-order valence-corrected chi connectivity index (χ4v) is 2.03. The maximum atomic E-state index is 8.78. The Morgan fingerprint density at radius 3 is 3.00 bits per heavy atom. The van der Waals surface area contributed by atoms with E-state index < -0.39 is 0 Å². The van der Waals surface area contributed by atoms with Crippen LogP contribution in [0.1, 0.15) is 13.3 Å². The van der Waals surface area contributed by atoms with Crippen LogP contribution in [-0.4, -0.2) is 50.8 Å². The summed E-state index contributed by atoms with van der Waals surface area (Å²) >= 11 is 0. The molecule has 0 spiro atoms. The summed E-state index contributed by atoms with van der Waals surface area (Å²) in [5.74, 6) is 0.644. The van der Waals surface area contributed by atoms with E-state index in [1.807, 2.05) is 0 Å². The topological polar surface area (TPSA) is 48.3 Å². The molecule has 1 heterocycles. The molecule has 2 unspecified atom stereocenters. The average Bonchev–Trinajstić information content (AvgIpc) is 2.39. The summed E-state index contributed by atoms with van der Waals surface area (Å²) in [7, 11) is 1.72. The third-order valence-corrected chi connectivity index (χ3v) is 2.84. The summed E-state index contributed by atoms with van der Waals surface area (Å²) < 4.78 is 5.10. The number of nitrogens with one attached hydrogen (secondary N) is 1. The summed E-state index contributed by atoms with van der Waals surface area (Å²) in [5.41, 5.74) is 0. The van der Waals surface area contributed by atoms with Crippen molar-refractivity contribution in [3.63, 3.8) is 0 Å². The lowest BCUT2D eigenvalue weighted by Gasteiger charge is -2.28. The van der Waals surface area contributed by atoms with Gasteiger partial charge in [-0.05, 0) is 12.5 Å². The van der Waals surface area contributed by atoms with Gasteiger partial charge in [0.15, 0.2) is 0 Å². The van der Waals surface area contributed by atoms with Crippen LogP contribution < -0.4 is 5.32 Å². The van der Waals surface area contributed by atoms with Gasteiger partial charge < -0.3 is 10.1 Å². The Labute approximate surface area is 92.2 Å². The molecule has 0 bridgehead atoms. The second kappa shape index (κ2) is 6.78. The Morgan fingerprint density at radius 2 is 2.33 bits per heavy atom. The summed E-state index contributed by atoms with van der Waals surface area (Å²) in [5, 5.41) is 12.2. The first-order valence-corrected chi connectivity index (χ1v) is 5.58. The number of hydrogen-bond donors (Lipinski definition) is 1. The van der Waals surface area contributed by atoms with E-state index in [1.54, 1.807) is 7.11 Å². The fourth-order valence-electron chi connectivity index (χ4n) is 2.03. The third-order valence-electron chi connectivity index (χ3n) is 2.84. The van der Waals surface area contributed by atoms with Crippen LogP contribution in [0.2, 0.25) is 0 Å². The summed E-state index contributed by atoms with van der Waals surface area (Å²) in [4.78, 5) is 2.37. The maximum Gasteiger partial charge on any atom is 0.0638 e. The summed E-state index contributed by atoms with van der Waals surface area (Å²) in [6.45, 7) is 6.93. The molecule has 1 saturated heterocycles. The zero-order valence-corrected chi connectivity index (χ0v) is 9.70.